The summed E-state index contributed by atoms with van der Waals surface area (Å²) in [5.74, 6) is 2.35. The number of ether oxygens (including phenoxy) is 2. The minimum atomic E-state index is -0.576. The fourth-order valence-corrected chi connectivity index (χ4v) is 3.96. The summed E-state index contributed by atoms with van der Waals surface area (Å²) in [4.78, 5) is 2.29. The largest absolute Gasteiger partial charge is 0.493 e. The number of para-hydroxylation sites is 2. The number of hydrogen-bond donors (Lipinski definition) is 0. The van der Waals surface area contributed by atoms with Gasteiger partial charge in [-0.2, -0.15) is 0 Å². The molecule has 0 N–H and O–H groups in total. The molecular formula is C19H30B3NO2. The highest BCUT2D eigenvalue weighted by molar-refractivity contribution is 6.41. The van der Waals surface area contributed by atoms with Crippen LogP contribution in [0.1, 0.15) is 33.1 Å². The lowest BCUT2D eigenvalue weighted by Crippen LogP contribution is -2.45. The van der Waals surface area contributed by atoms with Gasteiger partial charge in [0.05, 0.1) is 37.8 Å². The fourth-order valence-electron chi connectivity index (χ4n) is 3.96. The van der Waals surface area contributed by atoms with E-state index in [0.717, 1.165) is 30.9 Å². The Labute approximate surface area is 158 Å². The molecular weight excluding hydrogens is 307 g/mol. The van der Waals surface area contributed by atoms with E-state index >= 15 is 0 Å². The topological polar surface area (TPSA) is 21.7 Å². The minimum absolute atomic E-state index is 0.197. The summed E-state index contributed by atoms with van der Waals surface area (Å²) in [5.41, 5.74) is 0. The summed E-state index contributed by atoms with van der Waals surface area (Å²) in [6.45, 7) is 5.11. The van der Waals surface area contributed by atoms with Gasteiger partial charge in [0.2, 0.25) is 0 Å². The van der Waals surface area contributed by atoms with E-state index in [-0.39, 0.29) is 5.82 Å². The van der Waals surface area contributed by atoms with E-state index in [1.807, 2.05) is 38.1 Å². The summed E-state index contributed by atoms with van der Waals surface area (Å²) < 4.78 is 10.0. The smallest absolute Gasteiger partial charge is 0.160 e. The Morgan fingerprint density at radius 1 is 1.08 bits per heavy atom. The summed E-state index contributed by atoms with van der Waals surface area (Å²) in [7, 11) is 23.5. The molecule has 2 fully saturated rings. The van der Waals surface area contributed by atoms with Gasteiger partial charge in [-0.1, -0.05) is 49.9 Å². The highest BCUT2D eigenvalue weighted by Crippen LogP contribution is 2.50. The Bertz CT molecular complexity index is 490. The fraction of sp³-hybridized carbons (Fsp3) is 0.684. The molecule has 1 saturated carbocycles. The zero-order valence-corrected chi connectivity index (χ0v) is 16.4. The lowest BCUT2D eigenvalue weighted by Gasteiger charge is -2.47. The first-order valence-corrected chi connectivity index (χ1v) is 9.09. The predicted molar refractivity (Wildman–Crippen MR) is 108 cm³/mol. The third kappa shape index (κ3) is 5.74. The normalized spacial score (nSPS) is 27.0. The van der Waals surface area contributed by atoms with E-state index in [4.69, 9.17) is 33.0 Å². The van der Waals surface area contributed by atoms with Crippen LogP contribution >= 0.6 is 0 Å². The van der Waals surface area contributed by atoms with Crippen LogP contribution in [0, 0.1) is 5.92 Å². The molecule has 1 aliphatic carbocycles. The molecule has 2 aliphatic rings. The summed E-state index contributed by atoms with van der Waals surface area (Å²) in [5, 5.41) is -0.576. The van der Waals surface area contributed by atoms with E-state index in [2.05, 4.69) is 11.9 Å². The maximum Gasteiger partial charge on any atom is 0.160 e. The molecule has 0 spiro atoms. The molecule has 1 aromatic carbocycles. The molecule has 3 atom stereocenters. The molecule has 3 unspecified atom stereocenters. The highest BCUT2D eigenvalue weighted by Gasteiger charge is 2.45. The molecule has 3 nitrogen and oxygen atoms in total. The van der Waals surface area contributed by atoms with Gasteiger partial charge in [0.15, 0.2) is 11.5 Å². The van der Waals surface area contributed by atoms with Crippen LogP contribution in [-0.2, 0) is 0 Å². The SMILES string of the molecule is CC.COc1ccccc1OC.[B]C1CC2CCN(C)C2C([B])([B])C1. The average Bonchev–Trinajstić information content (AvgIpc) is 2.98. The molecule has 1 saturated heterocycles. The van der Waals surface area contributed by atoms with Gasteiger partial charge < -0.3 is 14.4 Å². The van der Waals surface area contributed by atoms with Gasteiger partial charge in [-0.05, 0) is 38.1 Å². The van der Waals surface area contributed by atoms with E-state index in [1.165, 1.54) is 6.42 Å². The first kappa shape index (κ1) is 22.0. The molecule has 132 valence electrons. The van der Waals surface area contributed by atoms with Crippen molar-refractivity contribution in [3.05, 3.63) is 24.3 Å². The van der Waals surface area contributed by atoms with Crippen LogP contribution in [0.5, 0.6) is 11.5 Å². The molecule has 0 aromatic heterocycles. The number of benzene rings is 1. The second-order valence-electron chi connectivity index (χ2n) is 6.64. The average molecular weight is 337 g/mol. The van der Waals surface area contributed by atoms with Gasteiger partial charge in [0.25, 0.3) is 0 Å². The van der Waals surface area contributed by atoms with Crippen molar-refractivity contribution in [2.75, 3.05) is 27.8 Å². The Morgan fingerprint density at radius 2 is 1.60 bits per heavy atom. The van der Waals surface area contributed by atoms with E-state index < -0.39 is 5.21 Å². The first-order chi connectivity index (χ1) is 11.9. The second kappa shape index (κ2) is 10.2. The second-order valence-corrected chi connectivity index (χ2v) is 6.64. The van der Waals surface area contributed by atoms with Crippen LogP contribution < -0.4 is 9.47 Å². The Balaban J connectivity index is 0.000000235. The van der Waals surface area contributed by atoms with Crippen molar-refractivity contribution in [3.8, 4) is 11.5 Å². The predicted octanol–water partition coefficient (Wildman–Crippen LogP) is 3.24. The lowest BCUT2D eigenvalue weighted by atomic mass is 9.41. The number of likely N-dealkylation sites (tertiary alicyclic amines) is 1. The number of hydrogen-bond acceptors (Lipinski definition) is 3. The Morgan fingerprint density at radius 3 is 2.08 bits per heavy atom. The molecule has 0 amide bonds. The third-order valence-corrected chi connectivity index (χ3v) is 4.83. The highest BCUT2D eigenvalue weighted by atomic mass is 16.5. The number of fused-ring (bicyclic) bond motifs is 1. The summed E-state index contributed by atoms with van der Waals surface area (Å²) in [6, 6.07) is 7.87. The van der Waals surface area contributed by atoms with Crippen LogP contribution in [0.25, 0.3) is 0 Å². The maximum absolute atomic E-state index is 6.10. The molecule has 25 heavy (non-hydrogen) atoms. The van der Waals surface area contributed by atoms with Crippen molar-refractivity contribution < 1.29 is 9.47 Å². The molecule has 0 bridgehead atoms. The van der Waals surface area contributed by atoms with Crippen LogP contribution in [0.4, 0.5) is 0 Å². The van der Waals surface area contributed by atoms with Crippen molar-refractivity contribution in [2.45, 2.75) is 50.2 Å². The lowest BCUT2D eigenvalue weighted by molar-refractivity contribution is 0.197. The van der Waals surface area contributed by atoms with E-state index in [0.29, 0.717) is 12.0 Å². The first-order valence-electron chi connectivity index (χ1n) is 9.09. The molecule has 1 heterocycles. The van der Waals surface area contributed by atoms with Crippen LogP contribution in [-0.4, -0.2) is 62.3 Å². The number of rotatable bonds is 2. The van der Waals surface area contributed by atoms with Crippen molar-refractivity contribution in [3.63, 3.8) is 0 Å². The molecule has 1 aliphatic heterocycles. The Hall–Kier alpha value is -1.03. The standard InChI is InChI=1S/C9H14B3N.C8H10O2.C2H6/c1-13-3-2-6-4-7(10)5-9(11,12)8(6)13;1-9-7-5-3-4-6-8(7)10-2;1-2/h6-8H,2-5H2,1H3;3-6H,1-2H3;1-2H3. The van der Waals surface area contributed by atoms with Crippen LogP contribution in [0.15, 0.2) is 24.3 Å². The van der Waals surface area contributed by atoms with Gasteiger partial charge in [0.1, 0.15) is 0 Å². The maximum atomic E-state index is 6.10. The van der Waals surface area contributed by atoms with Gasteiger partial charge in [-0.15, -0.1) is 0 Å². The Kier molecular flexibility index (Phi) is 8.99. The van der Waals surface area contributed by atoms with Gasteiger partial charge in [-0.25, -0.2) is 0 Å². The van der Waals surface area contributed by atoms with E-state index in [9.17, 15) is 0 Å². The third-order valence-electron chi connectivity index (χ3n) is 4.83. The van der Waals surface area contributed by atoms with Crippen molar-refractivity contribution in [1.29, 1.82) is 0 Å². The van der Waals surface area contributed by atoms with Crippen LogP contribution in [0.2, 0.25) is 11.0 Å². The summed E-state index contributed by atoms with van der Waals surface area (Å²) in [6.07, 6.45) is 3.04. The van der Waals surface area contributed by atoms with Crippen LogP contribution in [0.3, 0.4) is 0 Å². The van der Waals surface area contributed by atoms with Gasteiger partial charge in [0, 0.05) is 6.04 Å². The monoisotopic (exact) mass is 337 g/mol. The van der Waals surface area contributed by atoms with Gasteiger partial charge in [-0.3, -0.25) is 0 Å². The number of nitrogens with zero attached hydrogens (tertiary/aromatic N) is 1. The van der Waals surface area contributed by atoms with Gasteiger partial charge >= 0.3 is 0 Å². The molecule has 6 radical (unpaired) electrons. The summed E-state index contributed by atoms with van der Waals surface area (Å²) >= 11 is 0. The van der Waals surface area contributed by atoms with Crippen molar-refractivity contribution >= 4 is 23.5 Å². The molecule has 3 rings (SSSR count). The number of methoxy groups -OCH3 is 2. The molecule has 6 heteroatoms. The van der Waals surface area contributed by atoms with Crippen molar-refractivity contribution in [2.24, 2.45) is 5.92 Å². The quantitative estimate of drug-likeness (QED) is 0.774. The zero-order chi connectivity index (χ0) is 19.0. The minimum Gasteiger partial charge on any atom is -0.493 e. The molecule has 1 aromatic rings. The van der Waals surface area contributed by atoms with E-state index in [1.54, 1.807) is 14.2 Å². The van der Waals surface area contributed by atoms with Crippen molar-refractivity contribution in [1.82, 2.24) is 4.90 Å². The zero-order valence-electron chi connectivity index (χ0n) is 16.4.